The predicted octanol–water partition coefficient (Wildman–Crippen LogP) is 4.10. The number of carbonyl (C=O) groups excluding carboxylic acids is 1. The average Bonchev–Trinajstić information content (AvgIpc) is 3.17. The molecular weight excluding hydrogens is 340 g/mol. The van der Waals surface area contributed by atoms with Gasteiger partial charge in [-0.05, 0) is 32.4 Å². The number of nitrogens with one attached hydrogen (secondary N) is 1. The number of pyridine rings is 1. The molecule has 0 unspecified atom stereocenters. The first-order valence-corrected chi connectivity index (χ1v) is 8.78. The molecule has 3 aromatic heterocycles. The molecule has 0 bridgehead atoms. The Morgan fingerprint density at radius 1 is 1.11 bits per heavy atom. The van der Waals surface area contributed by atoms with Crippen LogP contribution in [0.4, 0.5) is 5.82 Å². The molecule has 0 aliphatic rings. The summed E-state index contributed by atoms with van der Waals surface area (Å²) in [5.74, 6) is 1.20. The van der Waals surface area contributed by atoms with Gasteiger partial charge in [-0.2, -0.15) is 0 Å². The number of aromatic nitrogens is 3. The summed E-state index contributed by atoms with van der Waals surface area (Å²) >= 11 is 0. The lowest BCUT2D eigenvalue weighted by Crippen LogP contribution is -2.17. The maximum Gasteiger partial charge on any atom is 0.230 e. The van der Waals surface area contributed by atoms with Crippen LogP contribution in [-0.4, -0.2) is 20.4 Å². The Balaban J connectivity index is 1.75. The number of fused-ring (bicyclic) bond motifs is 1. The molecule has 1 amide bonds. The second-order valence-electron chi connectivity index (χ2n) is 6.64. The van der Waals surface area contributed by atoms with Gasteiger partial charge >= 0.3 is 0 Å². The summed E-state index contributed by atoms with van der Waals surface area (Å²) < 4.78 is 7.08. The third-order valence-corrected chi connectivity index (χ3v) is 4.59. The van der Waals surface area contributed by atoms with E-state index in [4.69, 9.17) is 9.51 Å². The summed E-state index contributed by atoms with van der Waals surface area (Å²) in [5, 5.41) is 6.96. The number of amides is 1. The molecule has 0 saturated heterocycles. The molecule has 0 aliphatic heterocycles. The highest BCUT2D eigenvalue weighted by Gasteiger charge is 2.19. The average molecular weight is 360 g/mol. The maximum absolute atomic E-state index is 12.8. The van der Waals surface area contributed by atoms with Gasteiger partial charge in [-0.1, -0.05) is 41.6 Å². The van der Waals surface area contributed by atoms with E-state index >= 15 is 0 Å². The number of benzene rings is 1. The molecule has 136 valence electrons. The fraction of sp³-hybridized carbons (Fsp3) is 0.190. The lowest BCUT2D eigenvalue weighted by Gasteiger charge is -2.08. The van der Waals surface area contributed by atoms with Gasteiger partial charge < -0.3 is 9.84 Å². The van der Waals surface area contributed by atoms with E-state index in [1.165, 1.54) is 0 Å². The van der Waals surface area contributed by atoms with Crippen molar-refractivity contribution in [2.75, 3.05) is 5.32 Å². The lowest BCUT2D eigenvalue weighted by molar-refractivity contribution is -0.115. The Labute approximate surface area is 156 Å². The SMILES string of the molecule is Cc1ccc2nc(-c3ccccc3)c(NC(=O)Cc3c(C)noc3C)n2c1. The van der Waals surface area contributed by atoms with E-state index in [2.05, 4.69) is 10.5 Å². The molecular formula is C21H20N4O2. The minimum Gasteiger partial charge on any atom is -0.361 e. The number of carbonyl (C=O) groups is 1. The minimum atomic E-state index is -0.134. The van der Waals surface area contributed by atoms with Gasteiger partial charge in [0.2, 0.25) is 5.91 Å². The molecule has 0 radical (unpaired) electrons. The van der Waals surface area contributed by atoms with Gasteiger partial charge in [0, 0.05) is 17.3 Å². The van der Waals surface area contributed by atoms with Gasteiger partial charge in [0.25, 0.3) is 0 Å². The van der Waals surface area contributed by atoms with Crippen molar-refractivity contribution in [2.24, 2.45) is 0 Å². The highest BCUT2D eigenvalue weighted by atomic mass is 16.5. The third-order valence-electron chi connectivity index (χ3n) is 4.59. The third kappa shape index (κ3) is 3.21. The molecule has 1 aromatic carbocycles. The Hall–Kier alpha value is -3.41. The van der Waals surface area contributed by atoms with E-state index in [9.17, 15) is 4.79 Å². The van der Waals surface area contributed by atoms with E-state index in [0.717, 1.165) is 33.7 Å². The molecule has 0 fully saturated rings. The number of hydrogen-bond acceptors (Lipinski definition) is 4. The summed E-state index contributed by atoms with van der Waals surface area (Å²) in [7, 11) is 0. The molecule has 1 N–H and O–H groups in total. The summed E-state index contributed by atoms with van der Waals surface area (Å²) in [6.45, 7) is 5.67. The number of anilines is 1. The van der Waals surface area contributed by atoms with Crippen LogP contribution >= 0.6 is 0 Å². The number of imidazole rings is 1. The summed E-state index contributed by atoms with van der Waals surface area (Å²) in [4.78, 5) is 17.5. The van der Waals surface area contributed by atoms with E-state index in [1.807, 2.05) is 73.8 Å². The van der Waals surface area contributed by atoms with E-state index in [1.54, 1.807) is 0 Å². The van der Waals surface area contributed by atoms with Crippen molar-refractivity contribution in [2.45, 2.75) is 27.2 Å². The van der Waals surface area contributed by atoms with Crippen LogP contribution in [0.5, 0.6) is 0 Å². The first kappa shape index (κ1) is 17.0. The summed E-state index contributed by atoms with van der Waals surface area (Å²) in [5.41, 5.74) is 5.12. The topological polar surface area (TPSA) is 72.4 Å². The zero-order valence-electron chi connectivity index (χ0n) is 15.5. The van der Waals surface area contributed by atoms with Crippen molar-refractivity contribution in [1.82, 2.24) is 14.5 Å². The first-order valence-electron chi connectivity index (χ1n) is 8.78. The van der Waals surface area contributed by atoms with E-state index < -0.39 is 0 Å². The van der Waals surface area contributed by atoms with Crippen LogP contribution in [-0.2, 0) is 11.2 Å². The molecule has 0 spiro atoms. The predicted molar refractivity (Wildman–Crippen MR) is 104 cm³/mol. The van der Waals surface area contributed by atoms with Gasteiger partial charge in [0.05, 0.1) is 12.1 Å². The molecule has 0 atom stereocenters. The largest absolute Gasteiger partial charge is 0.361 e. The molecule has 27 heavy (non-hydrogen) atoms. The molecule has 6 nitrogen and oxygen atoms in total. The van der Waals surface area contributed by atoms with Gasteiger partial charge in [-0.25, -0.2) is 4.98 Å². The Morgan fingerprint density at radius 2 is 1.89 bits per heavy atom. The minimum absolute atomic E-state index is 0.134. The maximum atomic E-state index is 12.8. The second kappa shape index (κ2) is 6.72. The fourth-order valence-electron chi connectivity index (χ4n) is 3.16. The van der Waals surface area contributed by atoms with Gasteiger partial charge in [0.1, 0.15) is 22.9 Å². The second-order valence-corrected chi connectivity index (χ2v) is 6.64. The highest BCUT2D eigenvalue weighted by Crippen LogP contribution is 2.29. The van der Waals surface area contributed by atoms with Crippen LogP contribution < -0.4 is 5.32 Å². The monoisotopic (exact) mass is 360 g/mol. The van der Waals surface area contributed by atoms with Crippen molar-refractivity contribution in [3.63, 3.8) is 0 Å². The smallest absolute Gasteiger partial charge is 0.230 e. The quantitative estimate of drug-likeness (QED) is 0.595. The molecule has 0 saturated carbocycles. The molecule has 3 heterocycles. The standard InChI is InChI=1S/C21H20N4O2/c1-13-9-10-18-22-20(16-7-5-4-6-8-16)21(25(18)12-13)23-19(26)11-17-14(2)24-27-15(17)3/h4-10,12H,11H2,1-3H3,(H,23,26). The van der Waals surface area contributed by atoms with Crippen molar-refractivity contribution >= 4 is 17.4 Å². The van der Waals surface area contributed by atoms with Gasteiger partial charge in [-0.15, -0.1) is 0 Å². The number of nitrogens with zero attached hydrogens (tertiary/aromatic N) is 3. The summed E-state index contributed by atoms with van der Waals surface area (Å²) in [6, 6.07) is 13.8. The van der Waals surface area contributed by atoms with Crippen molar-refractivity contribution in [3.05, 3.63) is 71.2 Å². The number of aryl methyl sites for hydroxylation is 3. The fourth-order valence-corrected chi connectivity index (χ4v) is 3.16. The number of hydrogen-bond donors (Lipinski definition) is 1. The van der Waals surface area contributed by atoms with Crippen LogP contribution in [0.1, 0.15) is 22.6 Å². The Kier molecular flexibility index (Phi) is 4.24. The van der Waals surface area contributed by atoms with Crippen molar-refractivity contribution in [1.29, 1.82) is 0 Å². The Bertz CT molecular complexity index is 1110. The van der Waals surface area contributed by atoms with Crippen LogP contribution in [0.25, 0.3) is 16.9 Å². The van der Waals surface area contributed by atoms with E-state index in [-0.39, 0.29) is 12.3 Å². The van der Waals surface area contributed by atoms with Gasteiger partial charge in [0.15, 0.2) is 0 Å². The molecule has 6 heteroatoms. The van der Waals surface area contributed by atoms with Crippen molar-refractivity contribution in [3.8, 4) is 11.3 Å². The van der Waals surface area contributed by atoms with Crippen LogP contribution in [0, 0.1) is 20.8 Å². The zero-order valence-corrected chi connectivity index (χ0v) is 15.5. The lowest BCUT2D eigenvalue weighted by atomic mass is 10.1. The Morgan fingerprint density at radius 3 is 2.59 bits per heavy atom. The molecule has 0 aliphatic carbocycles. The van der Waals surface area contributed by atoms with Crippen LogP contribution in [0.2, 0.25) is 0 Å². The molecule has 4 rings (SSSR count). The normalized spacial score (nSPS) is 11.1. The first-order chi connectivity index (χ1) is 13.0. The van der Waals surface area contributed by atoms with Crippen LogP contribution in [0.3, 0.4) is 0 Å². The van der Waals surface area contributed by atoms with Crippen molar-refractivity contribution < 1.29 is 9.32 Å². The number of rotatable bonds is 4. The van der Waals surface area contributed by atoms with Gasteiger partial charge in [-0.3, -0.25) is 9.20 Å². The molecule has 4 aromatic rings. The van der Waals surface area contributed by atoms with E-state index in [0.29, 0.717) is 11.6 Å². The summed E-state index contributed by atoms with van der Waals surface area (Å²) in [6.07, 6.45) is 2.18. The zero-order chi connectivity index (χ0) is 19.0. The van der Waals surface area contributed by atoms with Crippen LogP contribution in [0.15, 0.2) is 53.2 Å². The highest BCUT2D eigenvalue weighted by molar-refractivity contribution is 5.96.